The normalized spacial score (nSPS) is 9.79. The molecule has 180 valence electrons. The second-order valence-electron chi connectivity index (χ2n) is 6.83. The Bertz CT molecular complexity index is 992. The maximum absolute atomic E-state index is 11.2. The number of carboxylic acid groups (broad SMARTS) is 1. The number of amides is 1. The van der Waals surface area contributed by atoms with Crippen LogP contribution in [0.4, 0.5) is 10.5 Å². The fourth-order valence-electron chi connectivity index (χ4n) is 1.61. The highest BCUT2D eigenvalue weighted by molar-refractivity contribution is 9.10. The summed E-state index contributed by atoms with van der Waals surface area (Å²) in [7, 11) is 0. The number of pyridine rings is 1. The molecule has 0 saturated carbocycles. The summed E-state index contributed by atoms with van der Waals surface area (Å²) in [6.45, 7) is 6.58. The van der Waals surface area contributed by atoms with Gasteiger partial charge in [0.05, 0.1) is 15.9 Å². The van der Waals surface area contributed by atoms with Crippen LogP contribution in [-0.2, 0) is 19.1 Å². The van der Waals surface area contributed by atoms with Crippen molar-refractivity contribution in [2.24, 2.45) is 0 Å². The number of anilines is 1. The number of nitrogens with zero attached hydrogens (tertiary/aromatic N) is 1. The molecule has 1 amide bonds. The van der Waals surface area contributed by atoms with Gasteiger partial charge in [0, 0.05) is 23.0 Å². The minimum absolute atomic E-state index is 0.411. The summed E-state index contributed by atoms with van der Waals surface area (Å²) in [5, 5.41) is 15.8. The van der Waals surface area contributed by atoms with Crippen molar-refractivity contribution in [1.29, 1.82) is 0 Å². The number of hydrogen-bond acceptors (Lipinski definition) is 8. The predicted molar refractivity (Wildman–Crippen MR) is 140 cm³/mol. The predicted octanol–water partition coefficient (Wildman–Crippen LogP) is 6.39. The van der Waals surface area contributed by atoms with E-state index < -0.39 is 22.5 Å². The molecule has 0 aromatic carbocycles. The summed E-state index contributed by atoms with van der Waals surface area (Å²) in [6, 6.07) is 5.92. The highest BCUT2D eigenvalue weighted by Crippen LogP contribution is 2.21. The number of rotatable bonds is 3. The molecule has 3 aromatic heterocycles. The molecule has 0 fully saturated rings. The molecule has 12 heteroatoms. The third-order valence-electron chi connectivity index (χ3n) is 2.70. The minimum atomic E-state index is -0.833. The van der Waals surface area contributed by atoms with Crippen molar-refractivity contribution in [1.82, 2.24) is 4.98 Å². The van der Waals surface area contributed by atoms with Gasteiger partial charge in [0.25, 0.3) is 5.97 Å². The highest BCUT2D eigenvalue weighted by Gasteiger charge is 2.15. The number of aromatic nitrogens is 1. The number of alkyl halides is 1. The third kappa shape index (κ3) is 17.0. The number of aldehydes is 2. The summed E-state index contributed by atoms with van der Waals surface area (Å²) in [6.07, 6.45) is 2.45. The summed E-state index contributed by atoms with van der Waals surface area (Å²) < 4.78 is 7.34. The summed E-state index contributed by atoms with van der Waals surface area (Å²) in [5.41, 5.74) is 1.41. The van der Waals surface area contributed by atoms with Gasteiger partial charge >= 0.3 is 6.09 Å². The van der Waals surface area contributed by atoms with Gasteiger partial charge in [0.1, 0.15) is 23.0 Å². The van der Waals surface area contributed by atoms with Gasteiger partial charge in [0.15, 0.2) is 0 Å². The minimum Gasteiger partial charge on any atom is -0.481 e. The molecule has 0 spiro atoms. The summed E-state index contributed by atoms with van der Waals surface area (Å²) in [4.78, 5) is 42.7. The zero-order chi connectivity index (χ0) is 25.4. The van der Waals surface area contributed by atoms with Crippen molar-refractivity contribution >= 4 is 95.1 Å². The molecule has 3 rings (SSSR count). The monoisotopic (exact) mass is 622 g/mol. The van der Waals surface area contributed by atoms with E-state index in [2.05, 4.69) is 48.2 Å². The average Bonchev–Trinajstić information content (AvgIpc) is 3.37. The highest BCUT2D eigenvalue weighted by atomic mass is 79.9. The standard InChI is InChI=1S/C9H13NO2S.C7H4BrNS.C3H3BrO2.C2H4O2/c1-9(2,3)12-8(11)10-7-4-5-13-6-7;8-5-3-7-6(9-4-5)1-2-10-7;4-3(1-5)2-6;1-2(3)4/h4-6H,1-3H3,(H,10,11);1-4H;1-3H;1H3,(H,3,4). The fourth-order valence-corrected chi connectivity index (χ4v) is 3.46. The van der Waals surface area contributed by atoms with Crippen LogP contribution in [0.1, 0.15) is 27.7 Å². The molecule has 0 radical (unpaired) electrons. The van der Waals surface area contributed by atoms with Crippen molar-refractivity contribution in [3.63, 3.8) is 0 Å². The summed E-state index contributed by atoms with van der Waals surface area (Å²) in [5.74, 6) is -0.833. The van der Waals surface area contributed by atoms with Crippen LogP contribution >= 0.6 is 54.5 Å². The third-order valence-corrected chi connectivity index (χ3v) is 5.10. The number of ether oxygens (including phenoxy) is 1. The topological polar surface area (TPSA) is 123 Å². The van der Waals surface area contributed by atoms with Crippen LogP contribution in [0.15, 0.2) is 45.0 Å². The SMILES string of the molecule is Brc1cnc2ccsc2c1.CC(=O)O.CC(C)(C)OC(=O)Nc1ccsc1.O=CC(Br)C=O. The van der Waals surface area contributed by atoms with E-state index in [-0.39, 0.29) is 0 Å². The van der Waals surface area contributed by atoms with Crippen molar-refractivity contribution < 1.29 is 29.0 Å². The number of hydrogen-bond donors (Lipinski definition) is 2. The van der Waals surface area contributed by atoms with Crippen LogP contribution in [0.2, 0.25) is 0 Å². The second-order valence-corrected chi connectivity index (χ2v) is 10.5. The smallest absolute Gasteiger partial charge is 0.412 e. The van der Waals surface area contributed by atoms with Crippen LogP contribution in [0.25, 0.3) is 10.2 Å². The number of aliphatic carboxylic acids is 1. The zero-order valence-corrected chi connectivity index (χ0v) is 23.1. The number of fused-ring (bicyclic) bond motifs is 1. The number of carboxylic acids is 1. The maximum atomic E-state index is 11.2. The van der Waals surface area contributed by atoms with E-state index in [0.717, 1.165) is 22.6 Å². The molecule has 33 heavy (non-hydrogen) atoms. The first-order valence-electron chi connectivity index (χ1n) is 9.13. The number of carbonyl (C=O) groups is 4. The molecular formula is C21H24Br2N2O6S2. The Morgan fingerprint density at radius 3 is 2.27 bits per heavy atom. The van der Waals surface area contributed by atoms with Crippen LogP contribution in [0.5, 0.6) is 0 Å². The molecule has 0 aliphatic rings. The molecule has 3 heterocycles. The van der Waals surface area contributed by atoms with Gasteiger partial charge in [0.2, 0.25) is 0 Å². The lowest BCUT2D eigenvalue weighted by atomic mass is 10.2. The first-order valence-corrected chi connectivity index (χ1v) is 12.7. The van der Waals surface area contributed by atoms with Crippen molar-refractivity contribution in [2.75, 3.05) is 5.32 Å². The average molecular weight is 624 g/mol. The van der Waals surface area contributed by atoms with E-state index in [1.54, 1.807) is 11.3 Å². The lowest BCUT2D eigenvalue weighted by molar-refractivity contribution is -0.134. The van der Waals surface area contributed by atoms with Crippen LogP contribution in [0.3, 0.4) is 0 Å². The van der Waals surface area contributed by atoms with Gasteiger partial charge < -0.3 is 19.4 Å². The number of carbonyl (C=O) groups excluding carboxylic acids is 3. The molecule has 3 aromatic rings. The molecule has 0 bridgehead atoms. The molecule has 0 atom stereocenters. The van der Waals surface area contributed by atoms with E-state index >= 15 is 0 Å². The van der Waals surface area contributed by atoms with Gasteiger partial charge in [-0.05, 0) is 65.7 Å². The lowest BCUT2D eigenvalue weighted by Crippen LogP contribution is -2.27. The fraction of sp³-hybridized carbons (Fsp3) is 0.286. The molecule has 0 saturated heterocycles. The Kier molecular flexibility index (Phi) is 15.4. The quantitative estimate of drug-likeness (QED) is 0.197. The van der Waals surface area contributed by atoms with Gasteiger partial charge in [-0.2, -0.15) is 11.3 Å². The Labute approximate surface area is 216 Å². The maximum Gasteiger partial charge on any atom is 0.412 e. The van der Waals surface area contributed by atoms with Gasteiger partial charge in [-0.3, -0.25) is 15.1 Å². The van der Waals surface area contributed by atoms with Crippen LogP contribution in [0, 0.1) is 0 Å². The Hall–Kier alpha value is -2.15. The van der Waals surface area contributed by atoms with Crippen molar-refractivity contribution in [3.05, 3.63) is 45.0 Å². The van der Waals surface area contributed by atoms with E-state index in [0.29, 0.717) is 12.6 Å². The van der Waals surface area contributed by atoms with Crippen molar-refractivity contribution in [3.8, 4) is 0 Å². The molecule has 2 N–H and O–H groups in total. The van der Waals surface area contributed by atoms with E-state index in [1.807, 2.05) is 55.2 Å². The van der Waals surface area contributed by atoms with E-state index in [1.165, 1.54) is 16.0 Å². The lowest BCUT2D eigenvalue weighted by Gasteiger charge is -2.19. The van der Waals surface area contributed by atoms with Crippen LogP contribution < -0.4 is 5.32 Å². The second kappa shape index (κ2) is 16.5. The largest absolute Gasteiger partial charge is 0.481 e. The first-order chi connectivity index (χ1) is 15.4. The van der Waals surface area contributed by atoms with E-state index in [9.17, 15) is 14.4 Å². The van der Waals surface area contributed by atoms with Gasteiger partial charge in [-0.15, -0.1) is 11.3 Å². The van der Waals surface area contributed by atoms with Crippen molar-refractivity contribution in [2.45, 2.75) is 38.1 Å². The van der Waals surface area contributed by atoms with Crippen LogP contribution in [-0.4, -0.2) is 45.2 Å². The number of nitrogens with one attached hydrogen (secondary N) is 1. The first kappa shape index (κ1) is 30.9. The molecule has 0 unspecified atom stereocenters. The zero-order valence-electron chi connectivity index (χ0n) is 18.3. The molecular weight excluding hydrogens is 600 g/mol. The molecule has 8 nitrogen and oxygen atoms in total. The molecule has 0 aliphatic heterocycles. The number of thiophene rings is 2. The summed E-state index contributed by atoms with van der Waals surface area (Å²) >= 11 is 9.34. The Morgan fingerprint density at radius 1 is 1.21 bits per heavy atom. The Balaban J connectivity index is 0.000000453. The van der Waals surface area contributed by atoms with Gasteiger partial charge in [-0.25, -0.2) is 4.79 Å². The van der Waals surface area contributed by atoms with Gasteiger partial charge in [-0.1, -0.05) is 15.9 Å². The van der Waals surface area contributed by atoms with E-state index in [4.69, 9.17) is 14.6 Å². The number of halogens is 2. The molecule has 0 aliphatic carbocycles. The Morgan fingerprint density at radius 2 is 1.82 bits per heavy atom.